The monoisotopic (exact) mass is 302 g/mol. The zero-order chi connectivity index (χ0) is 13.0. The third-order valence-electron chi connectivity index (χ3n) is 2.22. The predicted molar refractivity (Wildman–Crippen MR) is 64.7 cm³/mol. The molecule has 92 valence electrons. The highest BCUT2D eigenvalue weighted by atomic mass is 79.9. The van der Waals surface area contributed by atoms with Crippen molar-refractivity contribution in [1.29, 1.82) is 0 Å². The minimum Gasteiger partial charge on any atom is -0.480 e. The van der Waals surface area contributed by atoms with Gasteiger partial charge in [-0.25, -0.2) is 0 Å². The molecule has 0 heterocycles. The van der Waals surface area contributed by atoms with Gasteiger partial charge in [0.1, 0.15) is 6.04 Å². The molecule has 6 nitrogen and oxygen atoms in total. The van der Waals surface area contributed by atoms with Gasteiger partial charge in [0, 0.05) is 12.6 Å². The third kappa shape index (κ3) is 3.50. The molecule has 0 saturated carbocycles. The van der Waals surface area contributed by atoms with Gasteiger partial charge in [-0.2, -0.15) is 0 Å². The lowest BCUT2D eigenvalue weighted by Crippen LogP contribution is -2.33. The molecule has 0 aliphatic heterocycles. The summed E-state index contributed by atoms with van der Waals surface area (Å²) in [5.41, 5.74) is 0.611. The number of aliphatic carboxylic acids is 1. The number of benzene rings is 1. The van der Waals surface area contributed by atoms with E-state index < -0.39 is 16.9 Å². The zero-order valence-corrected chi connectivity index (χ0v) is 10.6. The van der Waals surface area contributed by atoms with Gasteiger partial charge in [0.15, 0.2) is 0 Å². The quantitative estimate of drug-likeness (QED) is 0.640. The van der Waals surface area contributed by atoms with Crippen molar-refractivity contribution in [2.75, 3.05) is 0 Å². The lowest BCUT2D eigenvalue weighted by Gasteiger charge is -2.10. The number of rotatable bonds is 5. The number of nitro benzene ring substituents is 1. The van der Waals surface area contributed by atoms with Crippen LogP contribution in [0.5, 0.6) is 0 Å². The molecule has 1 rings (SSSR count). The largest absolute Gasteiger partial charge is 0.480 e. The summed E-state index contributed by atoms with van der Waals surface area (Å²) in [4.78, 5) is 20.8. The highest BCUT2D eigenvalue weighted by molar-refractivity contribution is 9.10. The molecule has 0 radical (unpaired) electrons. The van der Waals surface area contributed by atoms with E-state index in [9.17, 15) is 14.9 Å². The van der Waals surface area contributed by atoms with E-state index in [-0.39, 0.29) is 12.2 Å². The van der Waals surface area contributed by atoms with Crippen LogP contribution >= 0.6 is 15.9 Å². The standard InChI is InChI=1S/C10H11BrN2O4/c1-6(10(14)15)12-5-7-3-2-4-8(9(7)11)13(16)17/h2-4,6,12H,5H2,1H3,(H,14,15). The van der Waals surface area contributed by atoms with Crippen molar-refractivity contribution >= 4 is 27.6 Å². The lowest BCUT2D eigenvalue weighted by atomic mass is 10.2. The molecule has 0 aliphatic rings. The number of halogens is 1. The summed E-state index contributed by atoms with van der Waals surface area (Å²) >= 11 is 3.14. The van der Waals surface area contributed by atoms with Crippen LogP contribution in [0.1, 0.15) is 12.5 Å². The normalized spacial score (nSPS) is 12.1. The van der Waals surface area contributed by atoms with Gasteiger partial charge in [0.2, 0.25) is 0 Å². The number of nitro groups is 1. The Hall–Kier alpha value is -1.47. The molecule has 17 heavy (non-hydrogen) atoms. The first-order valence-electron chi connectivity index (χ1n) is 4.81. The molecule has 1 atom stereocenters. The predicted octanol–water partition coefficient (Wildman–Crippen LogP) is 1.92. The van der Waals surface area contributed by atoms with E-state index in [0.717, 1.165) is 0 Å². The summed E-state index contributed by atoms with van der Waals surface area (Å²) < 4.78 is 0.370. The van der Waals surface area contributed by atoms with E-state index >= 15 is 0 Å². The Morgan fingerprint density at radius 2 is 2.29 bits per heavy atom. The average molecular weight is 303 g/mol. The highest BCUT2D eigenvalue weighted by Gasteiger charge is 2.16. The second-order valence-electron chi connectivity index (χ2n) is 3.45. The molecule has 7 heteroatoms. The lowest BCUT2D eigenvalue weighted by molar-refractivity contribution is -0.385. The van der Waals surface area contributed by atoms with Gasteiger partial charge >= 0.3 is 5.97 Å². The Labute approximate surface area is 106 Å². The van der Waals surface area contributed by atoms with Gasteiger partial charge in [-0.3, -0.25) is 14.9 Å². The topological polar surface area (TPSA) is 92.5 Å². The Kier molecular flexibility index (Phi) is 4.59. The number of carboxylic acids is 1. The van der Waals surface area contributed by atoms with Gasteiger partial charge < -0.3 is 10.4 Å². The summed E-state index contributed by atoms with van der Waals surface area (Å²) in [6, 6.07) is 3.93. The Morgan fingerprint density at radius 3 is 2.82 bits per heavy atom. The maximum atomic E-state index is 10.7. The minimum absolute atomic E-state index is 0.0349. The number of carboxylic acid groups (broad SMARTS) is 1. The van der Waals surface area contributed by atoms with Gasteiger partial charge in [-0.1, -0.05) is 12.1 Å². The molecule has 0 fully saturated rings. The molecule has 1 aromatic rings. The first kappa shape index (κ1) is 13.6. The zero-order valence-electron chi connectivity index (χ0n) is 9.01. The van der Waals surface area contributed by atoms with Crippen LogP contribution in [0.25, 0.3) is 0 Å². The van der Waals surface area contributed by atoms with E-state index in [1.807, 2.05) is 0 Å². The third-order valence-corrected chi connectivity index (χ3v) is 3.14. The molecule has 1 unspecified atom stereocenters. The van der Waals surface area contributed by atoms with Crippen molar-refractivity contribution in [3.05, 3.63) is 38.3 Å². The van der Waals surface area contributed by atoms with E-state index in [1.54, 1.807) is 12.1 Å². The molecular formula is C10H11BrN2O4. The van der Waals surface area contributed by atoms with Crippen LogP contribution in [-0.4, -0.2) is 22.0 Å². The van der Waals surface area contributed by atoms with E-state index in [4.69, 9.17) is 5.11 Å². The fraction of sp³-hybridized carbons (Fsp3) is 0.300. The van der Waals surface area contributed by atoms with Gasteiger partial charge in [-0.05, 0) is 28.4 Å². The number of nitrogens with one attached hydrogen (secondary N) is 1. The average Bonchev–Trinajstić information content (AvgIpc) is 2.26. The van der Waals surface area contributed by atoms with Crippen molar-refractivity contribution in [1.82, 2.24) is 5.32 Å². The van der Waals surface area contributed by atoms with E-state index in [0.29, 0.717) is 10.0 Å². The molecule has 0 amide bonds. The summed E-state index contributed by atoms with van der Waals surface area (Å²) in [7, 11) is 0. The fourth-order valence-corrected chi connectivity index (χ4v) is 1.74. The summed E-state index contributed by atoms with van der Waals surface area (Å²) in [5.74, 6) is -0.966. The maximum Gasteiger partial charge on any atom is 0.320 e. The molecule has 0 aliphatic carbocycles. The highest BCUT2D eigenvalue weighted by Crippen LogP contribution is 2.28. The van der Waals surface area contributed by atoms with Crippen LogP contribution in [0.2, 0.25) is 0 Å². The van der Waals surface area contributed by atoms with Crippen molar-refractivity contribution < 1.29 is 14.8 Å². The Morgan fingerprint density at radius 1 is 1.65 bits per heavy atom. The van der Waals surface area contributed by atoms with Crippen LogP contribution < -0.4 is 5.32 Å². The molecule has 1 aromatic carbocycles. The smallest absolute Gasteiger partial charge is 0.320 e. The maximum absolute atomic E-state index is 10.7. The second kappa shape index (κ2) is 5.74. The van der Waals surface area contributed by atoms with E-state index in [2.05, 4.69) is 21.2 Å². The molecule has 0 aromatic heterocycles. The summed E-state index contributed by atoms with van der Waals surface area (Å²) in [6.07, 6.45) is 0. The molecule has 2 N–H and O–H groups in total. The number of hydrogen-bond acceptors (Lipinski definition) is 4. The van der Waals surface area contributed by atoms with Crippen LogP contribution in [0.3, 0.4) is 0 Å². The van der Waals surface area contributed by atoms with Crippen LogP contribution in [0.15, 0.2) is 22.7 Å². The van der Waals surface area contributed by atoms with Crippen molar-refractivity contribution in [3.63, 3.8) is 0 Å². The first-order chi connectivity index (χ1) is 7.93. The number of hydrogen-bond donors (Lipinski definition) is 2. The van der Waals surface area contributed by atoms with Gasteiger partial charge in [-0.15, -0.1) is 0 Å². The van der Waals surface area contributed by atoms with Crippen LogP contribution in [-0.2, 0) is 11.3 Å². The second-order valence-corrected chi connectivity index (χ2v) is 4.24. The number of nitrogens with zero attached hydrogens (tertiary/aromatic N) is 1. The van der Waals surface area contributed by atoms with Gasteiger partial charge in [0.05, 0.1) is 9.40 Å². The van der Waals surface area contributed by atoms with E-state index in [1.165, 1.54) is 13.0 Å². The first-order valence-corrected chi connectivity index (χ1v) is 5.60. The molecule has 0 saturated heterocycles. The van der Waals surface area contributed by atoms with Crippen molar-refractivity contribution in [2.45, 2.75) is 19.5 Å². The van der Waals surface area contributed by atoms with Crippen LogP contribution in [0.4, 0.5) is 5.69 Å². The Balaban J connectivity index is 2.82. The van der Waals surface area contributed by atoms with Crippen molar-refractivity contribution in [2.24, 2.45) is 0 Å². The SMILES string of the molecule is CC(NCc1cccc([N+](=O)[O-])c1Br)C(=O)O. The molecule has 0 bridgehead atoms. The molecule has 0 spiro atoms. The molecular weight excluding hydrogens is 292 g/mol. The summed E-state index contributed by atoms with van der Waals surface area (Å²) in [6.45, 7) is 1.75. The Bertz CT molecular complexity index is 450. The van der Waals surface area contributed by atoms with Gasteiger partial charge in [0.25, 0.3) is 5.69 Å². The number of carbonyl (C=O) groups is 1. The fourth-order valence-electron chi connectivity index (χ4n) is 1.19. The van der Waals surface area contributed by atoms with Crippen molar-refractivity contribution in [3.8, 4) is 0 Å². The van der Waals surface area contributed by atoms with Crippen LogP contribution in [0, 0.1) is 10.1 Å². The minimum atomic E-state index is -0.966. The summed E-state index contributed by atoms with van der Waals surface area (Å²) in [5, 5.41) is 22.1.